The molecular formula is C20H36O2. The van der Waals surface area contributed by atoms with E-state index in [-0.39, 0.29) is 17.5 Å². The van der Waals surface area contributed by atoms with Crippen molar-refractivity contribution in [2.24, 2.45) is 5.92 Å². The number of unbranched alkanes of at least 4 members (excludes halogenated alkanes) is 2. The predicted octanol–water partition coefficient (Wildman–Crippen LogP) is 6.20. The summed E-state index contributed by atoms with van der Waals surface area (Å²) < 4.78 is 6.00. The highest BCUT2D eigenvalue weighted by Gasteiger charge is 2.37. The van der Waals surface area contributed by atoms with Crippen LogP contribution in [0.4, 0.5) is 0 Å². The maximum absolute atomic E-state index is 12.6. The van der Waals surface area contributed by atoms with E-state index in [0.29, 0.717) is 0 Å². The normalized spacial score (nSPS) is 18.7. The second-order valence-electron chi connectivity index (χ2n) is 6.84. The maximum Gasteiger partial charge on any atom is 0.309 e. The van der Waals surface area contributed by atoms with E-state index in [1.807, 2.05) is 0 Å². The zero-order valence-electron chi connectivity index (χ0n) is 15.0. The molecule has 1 aliphatic rings. The van der Waals surface area contributed by atoms with Gasteiger partial charge in [0.15, 0.2) is 0 Å². The highest BCUT2D eigenvalue weighted by molar-refractivity contribution is 5.73. The van der Waals surface area contributed by atoms with Crippen molar-refractivity contribution in [1.29, 1.82) is 0 Å². The first-order valence-electron chi connectivity index (χ1n) is 9.55. The third kappa shape index (κ3) is 6.54. The maximum atomic E-state index is 12.6. The topological polar surface area (TPSA) is 26.3 Å². The summed E-state index contributed by atoms with van der Waals surface area (Å²) in [5, 5.41) is 0. The largest absolute Gasteiger partial charge is 0.459 e. The molecule has 128 valence electrons. The molecule has 0 saturated heterocycles. The van der Waals surface area contributed by atoms with E-state index in [9.17, 15) is 4.79 Å². The Morgan fingerprint density at radius 3 is 2.32 bits per heavy atom. The van der Waals surface area contributed by atoms with Gasteiger partial charge in [-0.1, -0.05) is 45.8 Å². The van der Waals surface area contributed by atoms with Gasteiger partial charge >= 0.3 is 5.97 Å². The lowest BCUT2D eigenvalue weighted by Gasteiger charge is -2.30. The van der Waals surface area contributed by atoms with Crippen molar-refractivity contribution < 1.29 is 9.53 Å². The lowest BCUT2D eigenvalue weighted by molar-refractivity contribution is -0.165. The van der Waals surface area contributed by atoms with Crippen LogP contribution >= 0.6 is 0 Å². The number of rotatable bonds is 11. The van der Waals surface area contributed by atoms with Crippen LogP contribution in [0.5, 0.6) is 0 Å². The molecule has 0 heterocycles. The third-order valence-electron chi connectivity index (χ3n) is 4.99. The van der Waals surface area contributed by atoms with Gasteiger partial charge in [-0.3, -0.25) is 4.79 Å². The average Bonchev–Trinajstić information content (AvgIpc) is 2.98. The number of hydrogen-bond donors (Lipinski definition) is 0. The Balaban J connectivity index is 2.42. The quantitative estimate of drug-likeness (QED) is 0.258. The Kier molecular flexibility index (Phi) is 9.50. The number of ether oxygens (including phenoxy) is 1. The molecule has 1 rings (SSSR count). The molecule has 1 saturated carbocycles. The zero-order valence-corrected chi connectivity index (χ0v) is 15.0. The van der Waals surface area contributed by atoms with Crippen molar-refractivity contribution in [3.05, 3.63) is 12.2 Å². The van der Waals surface area contributed by atoms with Crippen LogP contribution in [0.3, 0.4) is 0 Å². The molecule has 1 fully saturated rings. The van der Waals surface area contributed by atoms with Crippen LogP contribution in [0.25, 0.3) is 0 Å². The Hall–Kier alpha value is -0.790. The van der Waals surface area contributed by atoms with E-state index in [2.05, 4.69) is 32.9 Å². The van der Waals surface area contributed by atoms with E-state index in [0.717, 1.165) is 51.4 Å². The van der Waals surface area contributed by atoms with Gasteiger partial charge in [0, 0.05) is 0 Å². The number of carbonyl (C=O) groups is 1. The molecular weight excluding hydrogens is 272 g/mol. The summed E-state index contributed by atoms with van der Waals surface area (Å²) in [6.45, 7) is 6.52. The van der Waals surface area contributed by atoms with Gasteiger partial charge in [0.1, 0.15) is 5.60 Å². The van der Waals surface area contributed by atoms with Crippen molar-refractivity contribution >= 4 is 5.97 Å². The fraction of sp³-hybridized carbons (Fsp3) is 0.850. The number of carbonyl (C=O) groups excluding carboxylic acids is 1. The Morgan fingerprint density at radius 1 is 1.05 bits per heavy atom. The van der Waals surface area contributed by atoms with Crippen molar-refractivity contribution in [3.8, 4) is 0 Å². The summed E-state index contributed by atoms with van der Waals surface area (Å²) in [7, 11) is 0. The summed E-state index contributed by atoms with van der Waals surface area (Å²) >= 11 is 0. The van der Waals surface area contributed by atoms with E-state index in [4.69, 9.17) is 4.74 Å². The van der Waals surface area contributed by atoms with E-state index < -0.39 is 0 Å². The first-order valence-corrected chi connectivity index (χ1v) is 9.55. The molecule has 0 aromatic heterocycles. The van der Waals surface area contributed by atoms with Gasteiger partial charge in [-0.15, -0.1) is 0 Å². The Labute approximate surface area is 137 Å². The SMILES string of the molecule is CCCC=CCCCC(CCC)C(=O)OC1(CC)CCCC1. The highest BCUT2D eigenvalue weighted by Crippen LogP contribution is 2.37. The highest BCUT2D eigenvalue weighted by atomic mass is 16.6. The van der Waals surface area contributed by atoms with Gasteiger partial charge in [0.25, 0.3) is 0 Å². The third-order valence-corrected chi connectivity index (χ3v) is 4.99. The molecule has 0 radical (unpaired) electrons. The van der Waals surface area contributed by atoms with Crippen LogP contribution in [0, 0.1) is 5.92 Å². The van der Waals surface area contributed by atoms with Gasteiger partial charge in [0.05, 0.1) is 5.92 Å². The van der Waals surface area contributed by atoms with Crippen LogP contribution in [-0.4, -0.2) is 11.6 Å². The van der Waals surface area contributed by atoms with Crippen LogP contribution in [0.2, 0.25) is 0 Å². The monoisotopic (exact) mass is 308 g/mol. The lowest BCUT2D eigenvalue weighted by Crippen LogP contribution is -2.34. The minimum atomic E-state index is -0.135. The molecule has 1 atom stereocenters. The van der Waals surface area contributed by atoms with Crippen molar-refractivity contribution in [2.45, 2.75) is 103 Å². The number of esters is 1. The molecule has 22 heavy (non-hydrogen) atoms. The van der Waals surface area contributed by atoms with Crippen LogP contribution in [-0.2, 0) is 9.53 Å². The minimum absolute atomic E-state index is 0.0723. The molecule has 0 bridgehead atoms. The molecule has 0 aromatic carbocycles. The van der Waals surface area contributed by atoms with Crippen molar-refractivity contribution in [3.63, 3.8) is 0 Å². The molecule has 2 nitrogen and oxygen atoms in total. The molecule has 0 aliphatic heterocycles. The zero-order chi connectivity index (χ0) is 16.3. The Morgan fingerprint density at radius 2 is 1.73 bits per heavy atom. The van der Waals surface area contributed by atoms with E-state index >= 15 is 0 Å². The lowest BCUT2D eigenvalue weighted by atomic mass is 9.95. The van der Waals surface area contributed by atoms with Gasteiger partial charge in [0.2, 0.25) is 0 Å². The fourth-order valence-electron chi connectivity index (χ4n) is 3.46. The van der Waals surface area contributed by atoms with Gasteiger partial charge < -0.3 is 4.74 Å². The molecule has 1 unspecified atom stereocenters. The first-order chi connectivity index (χ1) is 10.7. The molecule has 0 N–H and O–H groups in total. The standard InChI is InChI=1S/C20H36O2/c1-4-7-8-9-10-11-15-18(14-5-2)19(21)22-20(6-3)16-12-13-17-20/h8-9,18H,4-7,10-17H2,1-3H3. The smallest absolute Gasteiger partial charge is 0.309 e. The summed E-state index contributed by atoms with van der Waals surface area (Å²) in [5.41, 5.74) is -0.135. The second-order valence-corrected chi connectivity index (χ2v) is 6.84. The van der Waals surface area contributed by atoms with Crippen LogP contribution < -0.4 is 0 Å². The Bertz CT molecular complexity index is 327. The average molecular weight is 309 g/mol. The predicted molar refractivity (Wildman–Crippen MR) is 93.9 cm³/mol. The van der Waals surface area contributed by atoms with Gasteiger partial charge in [-0.2, -0.15) is 0 Å². The minimum Gasteiger partial charge on any atom is -0.459 e. The van der Waals surface area contributed by atoms with Gasteiger partial charge in [-0.25, -0.2) is 0 Å². The van der Waals surface area contributed by atoms with E-state index in [1.54, 1.807) is 0 Å². The summed E-state index contributed by atoms with van der Waals surface area (Å²) in [6, 6.07) is 0. The van der Waals surface area contributed by atoms with Crippen LogP contribution in [0.1, 0.15) is 97.8 Å². The summed E-state index contributed by atoms with van der Waals surface area (Å²) in [6.07, 6.45) is 17.6. The van der Waals surface area contributed by atoms with Crippen molar-refractivity contribution in [1.82, 2.24) is 0 Å². The van der Waals surface area contributed by atoms with Crippen molar-refractivity contribution in [2.75, 3.05) is 0 Å². The summed E-state index contributed by atoms with van der Waals surface area (Å²) in [5.74, 6) is 0.178. The molecule has 0 amide bonds. The number of hydrogen-bond acceptors (Lipinski definition) is 2. The summed E-state index contributed by atoms with van der Waals surface area (Å²) in [4.78, 5) is 12.6. The number of allylic oxidation sites excluding steroid dienone is 2. The molecule has 0 aromatic rings. The second kappa shape index (κ2) is 10.9. The van der Waals surface area contributed by atoms with Gasteiger partial charge in [-0.05, 0) is 64.2 Å². The first kappa shape index (κ1) is 19.3. The molecule has 1 aliphatic carbocycles. The van der Waals surface area contributed by atoms with E-state index in [1.165, 1.54) is 25.7 Å². The molecule has 2 heteroatoms. The fourth-order valence-corrected chi connectivity index (χ4v) is 3.46. The molecule has 0 spiro atoms. The van der Waals surface area contributed by atoms with Crippen LogP contribution in [0.15, 0.2) is 12.2 Å².